The predicted molar refractivity (Wildman–Crippen MR) is 143 cm³/mol. The molecule has 1 amide bonds. The Morgan fingerprint density at radius 2 is 1.51 bits per heavy atom. The predicted octanol–water partition coefficient (Wildman–Crippen LogP) is 7.55. The number of pyridine rings is 1. The highest BCUT2D eigenvalue weighted by molar-refractivity contribution is 6.03. The van der Waals surface area contributed by atoms with Crippen LogP contribution in [-0.2, 0) is 22.6 Å². The van der Waals surface area contributed by atoms with Crippen LogP contribution in [0.2, 0.25) is 0 Å². The van der Waals surface area contributed by atoms with Crippen molar-refractivity contribution in [1.82, 2.24) is 10.3 Å². The van der Waals surface area contributed by atoms with Crippen LogP contribution < -0.4 is 10.2 Å². The zero-order chi connectivity index (χ0) is 30.3. The Bertz CT molecular complexity index is 1470. The molecule has 0 aliphatic carbocycles. The minimum Gasteiger partial charge on any atom is -0.313 e. The van der Waals surface area contributed by atoms with Crippen molar-refractivity contribution in [1.29, 1.82) is 0 Å². The third kappa shape index (κ3) is 6.29. The quantitative estimate of drug-likeness (QED) is 0.318. The Morgan fingerprint density at radius 3 is 2.05 bits per heavy atom. The number of rotatable bonds is 5. The third-order valence-corrected chi connectivity index (χ3v) is 7.26. The summed E-state index contributed by atoms with van der Waals surface area (Å²) < 4.78 is 95.2. The maximum atomic E-state index is 13.9. The Hall–Kier alpha value is -3.73. The maximum Gasteiger partial charge on any atom is 0.416 e. The first-order valence-electron chi connectivity index (χ1n) is 12.7. The molecule has 1 aromatic heterocycles. The Balaban J connectivity index is 1.84. The van der Waals surface area contributed by atoms with Crippen LogP contribution in [0.15, 0.2) is 54.7 Å². The lowest BCUT2D eigenvalue weighted by Crippen LogP contribution is -2.42. The fourth-order valence-electron chi connectivity index (χ4n) is 4.86. The third-order valence-electron chi connectivity index (χ3n) is 7.26. The number of anilines is 1. The number of nitrogens with one attached hydrogen (secondary N) is 1. The second-order valence-electron chi connectivity index (χ2n) is 10.5. The molecule has 0 spiro atoms. The van der Waals surface area contributed by atoms with Crippen molar-refractivity contribution < 1.29 is 35.5 Å². The number of carbonyl (C=O) groups is 1. The van der Waals surface area contributed by atoms with Gasteiger partial charge in [0.25, 0.3) is 0 Å². The fourth-order valence-corrected chi connectivity index (χ4v) is 4.86. The summed E-state index contributed by atoms with van der Waals surface area (Å²) in [7, 11) is 1.38. The largest absolute Gasteiger partial charge is 0.416 e. The van der Waals surface area contributed by atoms with Gasteiger partial charge in [0.2, 0.25) is 5.91 Å². The first-order chi connectivity index (χ1) is 19.0. The van der Waals surface area contributed by atoms with E-state index in [9.17, 15) is 35.5 Å². The molecule has 1 N–H and O–H groups in total. The van der Waals surface area contributed by atoms with Crippen LogP contribution in [0.5, 0.6) is 0 Å². The van der Waals surface area contributed by atoms with Gasteiger partial charge in [0, 0.05) is 19.2 Å². The molecule has 0 fully saturated rings. The SMILES string of the molecule is Cc1cc(F)ccc1-c1cc(C2=CCNCC2)ncc1N(C)C(=O)C(C)(C)c1cc(C(F)(F)F)cc(C(F)(F)F)c1. The number of hydrogen-bond acceptors (Lipinski definition) is 3. The smallest absolute Gasteiger partial charge is 0.313 e. The summed E-state index contributed by atoms with van der Waals surface area (Å²) in [6.07, 6.45) is -5.99. The summed E-state index contributed by atoms with van der Waals surface area (Å²) in [5, 5.41) is 3.21. The average Bonchev–Trinajstić information content (AvgIpc) is 2.91. The lowest BCUT2D eigenvalue weighted by atomic mass is 9.81. The van der Waals surface area contributed by atoms with E-state index in [-0.39, 0.29) is 11.8 Å². The standard InChI is InChI=1S/C30H28F7N3O/c1-17-11-22(31)5-6-23(17)24-15-25(18-7-9-38-10-8-18)39-16-26(24)40(4)27(41)28(2,3)19-12-20(29(32,33)34)14-21(13-19)30(35,36)37/h5-7,11-16,38H,8-10H2,1-4H3. The summed E-state index contributed by atoms with van der Waals surface area (Å²) in [5.41, 5.74) is -1.72. The second-order valence-corrected chi connectivity index (χ2v) is 10.5. The first kappa shape index (κ1) is 30.2. The number of hydrogen-bond donors (Lipinski definition) is 1. The molecule has 11 heteroatoms. The molecule has 2 heterocycles. The van der Waals surface area contributed by atoms with Gasteiger partial charge >= 0.3 is 12.4 Å². The number of aryl methyl sites for hydroxylation is 1. The number of halogens is 7. The lowest BCUT2D eigenvalue weighted by molar-refractivity contribution is -0.143. The summed E-state index contributed by atoms with van der Waals surface area (Å²) in [4.78, 5) is 19.5. The Morgan fingerprint density at radius 1 is 0.902 bits per heavy atom. The van der Waals surface area contributed by atoms with E-state index in [1.54, 1.807) is 19.1 Å². The highest BCUT2D eigenvalue weighted by Crippen LogP contribution is 2.41. The van der Waals surface area contributed by atoms with E-state index in [1.807, 2.05) is 6.08 Å². The van der Waals surface area contributed by atoms with Crippen LogP contribution in [0.4, 0.5) is 36.4 Å². The monoisotopic (exact) mass is 579 g/mol. The molecule has 3 aromatic rings. The molecule has 4 rings (SSSR count). The second kappa shape index (κ2) is 10.9. The van der Waals surface area contributed by atoms with Gasteiger partial charge in [0.05, 0.1) is 34.1 Å². The van der Waals surface area contributed by atoms with Gasteiger partial charge in [0.15, 0.2) is 0 Å². The van der Waals surface area contributed by atoms with E-state index in [0.717, 1.165) is 12.1 Å². The van der Waals surface area contributed by atoms with Crippen LogP contribution in [0.3, 0.4) is 0 Å². The zero-order valence-electron chi connectivity index (χ0n) is 22.8. The normalized spacial score (nSPS) is 14.6. The minimum atomic E-state index is -5.06. The molecule has 0 radical (unpaired) electrons. The molecule has 0 saturated heterocycles. The van der Waals surface area contributed by atoms with Crippen molar-refractivity contribution in [2.45, 2.75) is 45.0 Å². The van der Waals surface area contributed by atoms with Gasteiger partial charge in [-0.1, -0.05) is 12.1 Å². The number of likely N-dealkylation sites (N-methyl/N-ethyl adjacent to an activating group) is 1. The Labute approximate surface area is 232 Å². The van der Waals surface area contributed by atoms with Gasteiger partial charge in [-0.05, 0) is 92.4 Å². The van der Waals surface area contributed by atoms with Crippen molar-refractivity contribution in [3.05, 3.63) is 88.5 Å². The number of carbonyl (C=O) groups excluding carboxylic acids is 1. The van der Waals surface area contributed by atoms with Crippen LogP contribution in [0.1, 0.15) is 48.2 Å². The summed E-state index contributed by atoms with van der Waals surface area (Å²) in [5.74, 6) is -1.22. The Kier molecular flexibility index (Phi) is 8.05. The molecule has 4 nitrogen and oxygen atoms in total. The highest BCUT2D eigenvalue weighted by Gasteiger charge is 2.41. The van der Waals surface area contributed by atoms with Crippen LogP contribution in [0.25, 0.3) is 16.7 Å². The molecular formula is C30H28F7N3O. The van der Waals surface area contributed by atoms with Gasteiger partial charge in [0.1, 0.15) is 5.82 Å². The molecule has 0 atom stereocenters. The molecule has 1 aliphatic rings. The van der Waals surface area contributed by atoms with E-state index in [4.69, 9.17) is 0 Å². The van der Waals surface area contributed by atoms with E-state index in [2.05, 4.69) is 10.3 Å². The van der Waals surface area contributed by atoms with Crippen molar-refractivity contribution >= 4 is 17.2 Å². The molecule has 0 saturated carbocycles. The summed E-state index contributed by atoms with van der Waals surface area (Å²) in [6, 6.07) is 7.07. The number of nitrogens with zero attached hydrogens (tertiary/aromatic N) is 2. The number of alkyl halides is 6. The molecule has 0 bridgehead atoms. The topological polar surface area (TPSA) is 45.2 Å². The number of aromatic nitrogens is 1. The van der Waals surface area contributed by atoms with E-state index >= 15 is 0 Å². The summed E-state index contributed by atoms with van der Waals surface area (Å²) >= 11 is 0. The molecule has 1 aliphatic heterocycles. The van der Waals surface area contributed by atoms with Gasteiger partial charge in [-0.25, -0.2) is 4.39 Å². The van der Waals surface area contributed by atoms with Crippen LogP contribution in [0, 0.1) is 12.7 Å². The molecule has 41 heavy (non-hydrogen) atoms. The summed E-state index contributed by atoms with van der Waals surface area (Å²) in [6.45, 7) is 5.62. The van der Waals surface area contributed by atoms with E-state index in [0.29, 0.717) is 47.5 Å². The van der Waals surface area contributed by atoms with Crippen molar-refractivity contribution in [3.8, 4) is 11.1 Å². The number of benzene rings is 2. The van der Waals surface area contributed by atoms with Gasteiger partial charge < -0.3 is 10.2 Å². The first-order valence-corrected chi connectivity index (χ1v) is 12.7. The average molecular weight is 580 g/mol. The zero-order valence-corrected chi connectivity index (χ0v) is 22.8. The van der Waals surface area contributed by atoms with E-state index < -0.39 is 46.2 Å². The molecule has 2 aromatic carbocycles. The molecule has 218 valence electrons. The lowest BCUT2D eigenvalue weighted by Gasteiger charge is -2.32. The van der Waals surface area contributed by atoms with Crippen molar-refractivity contribution in [2.24, 2.45) is 0 Å². The highest BCUT2D eigenvalue weighted by atomic mass is 19.4. The fraction of sp³-hybridized carbons (Fsp3) is 0.333. The number of amides is 1. The maximum absolute atomic E-state index is 13.9. The van der Waals surface area contributed by atoms with Crippen molar-refractivity contribution in [2.75, 3.05) is 25.0 Å². The molecule has 0 unspecified atom stereocenters. The minimum absolute atomic E-state index is 0.0291. The van der Waals surface area contributed by atoms with Crippen LogP contribution in [-0.4, -0.2) is 31.0 Å². The van der Waals surface area contributed by atoms with Gasteiger partial charge in [-0.3, -0.25) is 9.78 Å². The van der Waals surface area contributed by atoms with Gasteiger partial charge in [-0.15, -0.1) is 0 Å². The van der Waals surface area contributed by atoms with E-state index in [1.165, 1.54) is 44.1 Å². The molecular weight excluding hydrogens is 551 g/mol. The van der Waals surface area contributed by atoms with Gasteiger partial charge in [-0.2, -0.15) is 26.3 Å². The van der Waals surface area contributed by atoms with Crippen LogP contribution >= 0.6 is 0 Å². The van der Waals surface area contributed by atoms with Crippen molar-refractivity contribution in [3.63, 3.8) is 0 Å².